The van der Waals surface area contributed by atoms with E-state index in [9.17, 15) is 0 Å². The summed E-state index contributed by atoms with van der Waals surface area (Å²) in [5, 5.41) is 0. The van der Waals surface area contributed by atoms with Crippen molar-refractivity contribution < 1.29 is 0 Å². The molecule has 126 valence electrons. The third kappa shape index (κ3) is 2.93. The Balaban J connectivity index is 1.63. The van der Waals surface area contributed by atoms with E-state index in [-0.39, 0.29) is 0 Å². The zero-order chi connectivity index (χ0) is 16.5. The van der Waals surface area contributed by atoms with E-state index in [2.05, 4.69) is 59.1 Å². The Hall–Kier alpha value is -1.87. The van der Waals surface area contributed by atoms with E-state index in [0.717, 1.165) is 13.0 Å². The number of aromatic nitrogens is 1. The van der Waals surface area contributed by atoms with Crippen LogP contribution in [0.15, 0.2) is 42.6 Å². The highest BCUT2D eigenvalue weighted by molar-refractivity contribution is 5.63. The first-order chi connectivity index (χ1) is 11.7. The van der Waals surface area contributed by atoms with Crippen molar-refractivity contribution in [2.45, 2.75) is 38.1 Å². The Morgan fingerprint density at radius 1 is 1.21 bits per heavy atom. The lowest BCUT2D eigenvalue weighted by atomic mass is 9.92. The summed E-state index contributed by atoms with van der Waals surface area (Å²) in [6.45, 7) is 5.69. The average molecular weight is 321 g/mol. The zero-order valence-electron chi connectivity index (χ0n) is 14.8. The Bertz CT molecular complexity index is 697. The maximum Gasteiger partial charge on any atom is 0.0421 e. The van der Waals surface area contributed by atoms with Crippen LogP contribution in [0, 0.1) is 6.92 Å². The largest absolute Gasteiger partial charge is 0.367 e. The second kappa shape index (κ2) is 6.56. The number of hydrogen-bond donors (Lipinski definition) is 0. The van der Waals surface area contributed by atoms with E-state index >= 15 is 0 Å². The monoisotopic (exact) mass is 321 g/mol. The fraction of sp³-hybridized carbons (Fsp3) is 0.476. The number of likely N-dealkylation sites (tertiary alicyclic amines) is 1. The van der Waals surface area contributed by atoms with Crippen LogP contribution in [-0.2, 0) is 6.42 Å². The highest BCUT2D eigenvalue weighted by atomic mass is 15.2. The van der Waals surface area contributed by atoms with Gasteiger partial charge >= 0.3 is 0 Å². The number of benzene rings is 1. The van der Waals surface area contributed by atoms with E-state index in [0.29, 0.717) is 12.0 Å². The lowest BCUT2D eigenvalue weighted by molar-refractivity contribution is 0.330. The van der Waals surface area contributed by atoms with Gasteiger partial charge in [-0.05, 0) is 57.1 Å². The molecule has 1 fully saturated rings. The lowest BCUT2D eigenvalue weighted by Crippen LogP contribution is -2.37. The number of rotatable bonds is 3. The van der Waals surface area contributed by atoms with Gasteiger partial charge in [0.1, 0.15) is 0 Å². The summed E-state index contributed by atoms with van der Waals surface area (Å²) < 4.78 is 0. The van der Waals surface area contributed by atoms with Crippen LogP contribution in [-0.4, -0.2) is 42.6 Å². The number of hydrogen-bond acceptors (Lipinski definition) is 3. The minimum Gasteiger partial charge on any atom is -0.367 e. The highest BCUT2D eigenvalue weighted by Gasteiger charge is 2.39. The predicted molar refractivity (Wildman–Crippen MR) is 99.7 cm³/mol. The molecule has 0 unspecified atom stereocenters. The number of likely N-dealkylation sites (N-methyl/N-ethyl adjacent to an activating group) is 1. The first-order valence-electron chi connectivity index (χ1n) is 9.18. The van der Waals surface area contributed by atoms with E-state index in [1.165, 1.54) is 42.9 Å². The Kier molecular flexibility index (Phi) is 4.28. The van der Waals surface area contributed by atoms with Gasteiger partial charge in [0.15, 0.2) is 0 Å². The summed E-state index contributed by atoms with van der Waals surface area (Å²) in [5.41, 5.74) is 5.60. The molecule has 1 saturated heterocycles. The minimum atomic E-state index is 0.649. The molecule has 0 spiro atoms. The molecule has 0 radical (unpaired) electrons. The molecular weight excluding hydrogens is 294 g/mol. The molecule has 2 aliphatic heterocycles. The number of nitrogens with zero attached hydrogens (tertiary/aromatic N) is 3. The van der Waals surface area contributed by atoms with Gasteiger partial charge in [-0.3, -0.25) is 4.98 Å². The van der Waals surface area contributed by atoms with Crippen LogP contribution in [0.25, 0.3) is 0 Å². The molecule has 0 bridgehead atoms. The topological polar surface area (TPSA) is 19.4 Å². The van der Waals surface area contributed by atoms with Gasteiger partial charge in [-0.1, -0.05) is 23.8 Å². The molecule has 4 rings (SSSR count). The van der Waals surface area contributed by atoms with Gasteiger partial charge in [0.05, 0.1) is 0 Å². The molecule has 0 aliphatic carbocycles. The fourth-order valence-corrected chi connectivity index (χ4v) is 4.48. The smallest absolute Gasteiger partial charge is 0.0421 e. The molecule has 0 saturated carbocycles. The molecule has 0 N–H and O–H groups in total. The summed E-state index contributed by atoms with van der Waals surface area (Å²) in [6, 6.07) is 13.9. The average Bonchev–Trinajstić information content (AvgIpc) is 2.73. The molecule has 3 heteroatoms. The van der Waals surface area contributed by atoms with E-state index < -0.39 is 0 Å². The van der Waals surface area contributed by atoms with Crippen molar-refractivity contribution >= 4 is 5.69 Å². The van der Waals surface area contributed by atoms with Crippen LogP contribution in [0.4, 0.5) is 5.69 Å². The van der Waals surface area contributed by atoms with Crippen LogP contribution in [0.5, 0.6) is 0 Å². The third-order valence-electron chi connectivity index (χ3n) is 5.64. The fourth-order valence-electron chi connectivity index (χ4n) is 4.48. The third-order valence-corrected chi connectivity index (χ3v) is 5.64. The van der Waals surface area contributed by atoms with Gasteiger partial charge in [-0.25, -0.2) is 0 Å². The van der Waals surface area contributed by atoms with Crippen LogP contribution in [0.1, 0.15) is 35.6 Å². The second-order valence-electron chi connectivity index (χ2n) is 7.41. The molecular formula is C21H27N3. The number of pyridine rings is 1. The van der Waals surface area contributed by atoms with Crippen LogP contribution in [0.3, 0.4) is 0 Å². The van der Waals surface area contributed by atoms with Gasteiger partial charge in [-0.15, -0.1) is 0 Å². The predicted octanol–water partition coefficient (Wildman–Crippen LogP) is 3.63. The molecule has 3 heterocycles. The normalized spacial score (nSPS) is 23.7. The number of fused-ring (bicyclic) bond motifs is 3. The van der Waals surface area contributed by atoms with Crippen molar-refractivity contribution in [1.82, 2.24) is 9.88 Å². The molecule has 2 atom stereocenters. The standard InChI is InChI=1S/C21H27N3/c1-16-8-9-21-18(14-16)19-15-23(2)12-5-7-20(19)24(21)13-10-17-6-3-4-11-22-17/h3-4,6,8-9,11,14,19-20H,5,7,10,12-13,15H2,1-2H3/t19-,20+/m0/s1. The van der Waals surface area contributed by atoms with Crippen molar-refractivity contribution in [2.24, 2.45) is 0 Å². The van der Waals surface area contributed by atoms with E-state index in [1.807, 2.05) is 12.3 Å². The molecule has 2 aliphatic rings. The van der Waals surface area contributed by atoms with Crippen molar-refractivity contribution in [3.05, 3.63) is 59.4 Å². The Morgan fingerprint density at radius 3 is 2.96 bits per heavy atom. The van der Waals surface area contributed by atoms with Gasteiger partial charge in [0.25, 0.3) is 0 Å². The van der Waals surface area contributed by atoms with Crippen molar-refractivity contribution in [2.75, 3.05) is 31.6 Å². The van der Waals surface area contributed by atoms with Gasteiger partial charge in [-0.2, -0.15) is 0 Å². The Morgan fingerprint density at radius 2 is 2.12 bits per heavy atom. The quantitative estimate of drug-likeness (QED) is 0.860. The second-order valence-corrected chi connectivity index (χ2v) is 7.41. The summed E-state index contributed by atoms with van der Waals surface area (Å²) in [7, 11) is 2.27. The summed E-state index contributed by atoms with van der Waals surface area (Å²) in [4.78, 5) is 9.70. The Labute approximate surface area is 145 Å². The molecule has 2 aromatic rings. The van der Waals surface area contributed by atoms with Gasteiger partial charge < -0.3 is 9.80 Å². The van der Waals surface area contributed by atoms with Crippen LogP contribution >= 0.6 is 0 Å². The highest BCUT2D eigenvalue weighted by Crippen LogP contribution is 2.44. The maximum absolute atomic E-state index is 4.51. The maximum atomic E-state index is 4.51. The summed E-state index contributed by atoms with van der Waals surface area (Å²) in [5.74, 6) is 0.649. The first kappa shape index (κ1) is 15.6. The number of anilines is 1. The molecule has 3 nitrogen and oxygen atoms in total. The van der Waals surface area contributed by atoms with Crippen molar-refractivity contribution in [3.8, 4) is 0 Å². The lowest BCUT2D eigenvalue weighted by Gasteiger charge is -2.29. The molecule has 1 aromatic carbocycles. The van der Waals surface area contributed by atoms with Crippen molar-refractivity contribution in [1.29, 1.82) is 0 Å². The summed E-state index contributed by atoms with van der Waals surface area (Å²) >= 11 is 0. The minimum absolute atomic E-state index is 0.649. The van der Waals surface area contributed by atoms with E-state index in [1.54, 1.807) is 5.56 Å². The summed E-state index contributed by atoms with van der Waals surface area (Å²) in [6.07, 6.45) is 5.52. The van der Waals surface area contributed by atoms with E-state index in [4.69, 9.17) is 0 Å². The van der Waals surface area contributed by atoms with Crippen LogP contribution < -0.4 is 4.90 Å². The van der Waals surface area contributed by atoms with Gasteiger partial charge in [0, 0.05) is 49.0 Å². The molecule has 1 aromatic heterocycles. The van der Waals surface area contributed by atoms with Gasteiger partial charge in [0.2, 0.25) is 0 Å². The zero-order valence-corrected chi connectivity index (χ0v) is 14.8. The van der Waals surface area contributed by atoms with Crippen molar-refractivity contribution in [3.63, 3.8) is 0 Å². The van der Waals surface area contributed by atoms with Crippen LogP contribution in [0.2, 0.25) is 0 Å². The molecule has 24 heavy (non-hydrogen) atoms. The molecule has 0 amide bonds. The SMILES string of the molecule is Cc1ccc2c(c1)[C@@H]1CN(C)CCC[C@H]1N2CCc1ccccn1. The number of aryl methyl sites for hydroxylation is 1. The first-order valence-corrected chi connectivity index (χ1v) is 9.18.